The molecule has 0 bridgehead atoms. The highest BCUT2D eigenvalue weighted by Crippen LogP contribution is 2.25. The molecule has 138 valence electrons. The van der Waals surface area contributed by atoms with E-state index in [1.54, 1.807) is 7.11 Å². The van der Waals surface area contributed by atoms with Crippen molar-refractivity contribution in [2.24, 2.45) is 0 Å². The molecule has 2 rings (SSSR count). The first kappa shape index (κ1) is 19.8. The number of benzene rings is 1. The maximum absolute atomic E-state index is 10.5. The number of rotatable bonds is 10. The van der Waals surface area contributed by atoms with Crippen LogP contribution >= 0.6 is 10.8 Å². The average molecular weight is 386 g/mol. The van der Waals surface area contributed by atoms with E-state index in [4.69, 9.17) is 14.0 Å². The van der Waals surface area contributed by atoms with Crippen LogP contribution in [0, 0.1) is 6.92 Å². The lowest BCUT2D eigenvalue weighted by Gasteiger charge is -2.10. The second kappa shape index (κ2) is 9.23. The van der Waals surface area contributed by atoms with Crippen LogP contribution in [-0.4, -0.2) is 50.5 Å². The van der Waals surface area contributed by atoms with E-state index in [1.807, 2.05) is 31.2 Å². The van der Waals surface area contributed by atoms with E-state index in [9.17, 15) is 8.42 Å². The summed E-state index contributed by atoms with van der Waals surface area (Å²) < 4.78 is 40.6. The van der Waals surface area contributed by atoms with E-state index in [0.29, 0.717) is 42.1 Å². The second-order valence-corrected chi connectivity index (χ2v) is 8.83. The molecule has 9 heteroatoms. The fraction of sp³-hybridized carbons (Fsp3) is 0.438. The SMILES string of the molecule is COc1ccc2nc(OCCCNCCSS(=O)(=O)O)cc(C)c2c1. The molecule has 0 amide bonds. The quantitative estimate of drug-likeness (QED) is 0.365. The minimum Gasteiger partial charge on any atom is -0.497 e. The van der Waals surface area contributed by atoms with Crippen LogP contribution < -0.4 is 14.8 Å². The summed E-state index contributed by atoms with van der Waals surface area (Å²) in [5, 5.41) is 4.12. The summed E-state index contributed by atoms with van der Waals surface area (Å²) in [6, 6.07) is 7.63. The van der Waals surface area contributed by atoms with Gasteiger partial charge in [0.1, 0.15) is 5.75 Å². The van der Waals surface area contributed by atoms with Gasteiger partial charge in [-0.05, 0) is 54.4 Å². The molecular formula is C16H22N2O5S2. The summed E-state index contributed by atoms with van der Waals surface area (Å²) in [5.41, 5.74) is 1.93. The van der Waals surface area contributed by atoms with E-state index in [0.717, 1.165) is 28.6 Å². The number of nitrogens with zero attached hydrogens (tertiary/aromatic N) is 1. The lowest BCUT2D eigenvalue weighted by atomic mass is 10.1. The van der Waals surface area contributed by atoms with E-state index < -0.39 is 9.15 Å². The van der Waals surface area contributed by atoms with Gasteiger partial charge in [0.15, 0.2) is 0 Å². The number of nitrogens with one attached hydrogen (secondary N) is 1. The van der Waals surface area contributed by atoms with Gasteiger partial charge in [-0.1, -0.05) is 0 Å². The Morgan fingerprint density at radius 2 is 2.08 bits per heavy atom. The van der Waals surface area contributed by atoms with Crippen LogP contribution in [0.25, 0.3) is 10.9 Å². The number of ether oxygens (including phenoxy) is 2. The van der Waals surface area contributed by atoms with Crippen molar-refractivity contribution >= 4 is 30.8 Å². The molecule has 0 aliphatic heterocycles. The lowest BCUT2D eigenvalue weighted by molar-refractivity contribution is 0.298. The van der Waals surface area contributed by atoms with Crippen LogP contribution in [0.4, 0.5) is 0 Å². The monoisotopic (exact) mass is 386 g/mol. The molecule has 0 atom stereocenters. The van der Waals surface area contributed by atoms with Crippen LogP contribution in [0.1, 0.15) is 12.0 Å². The average Bonchev–Trinajstić information content (AvgIpc) is 2.56. The van der Waals surface area contributed by atoms with Gasteiger partial charge in [0, 0.05) is 23.8 Å². The highest BCUT2D eigenvalue weighted by molar-refractivity contribution is 8.69. The van der Waals surface area contributed by atoms with Crippen molar-refractivity contribution < 1.29 is 22.4 Å². The summed E-state index contributed by atoms with van der Waals surface area (Å²) in [4.78, 5) is 4.49. The summed E-state index contributed by atoms with van der Waals surface area (Å²) in [7, 11) is -1.80. The smallest absolute Gasteiger partial charge is 0.319 e. The van der Waals surface area contributed by atoms with Crippen LogP contribution in [0.5, 0.6) is 11.6 Å². The Morgan fingerprint density at radius 3 is 2.80 bits per heavy atom. The number of pyridine rings is 1. The molecule has 0 unspecified atom stereocenters. The normalized spacial score (nSPS) is 11.6. The van der Waals surface area contributed by atoms with Gasteiger partial charge in [-0.3, -0.25) is 4.55 Å². The summed E-state index contributed by atoms with van der Waals surface area (Å²) in [6.45, 7) is 3.70. The summed E-state index contributed by atoms with van der Waals surface area (Å²) in [6.07, 6.45) is 0.762. The van der Waals surface area contributed by atoms with Gasteiger partial charge in [0.2, 0.25) is 5.88 Å². The lowest BCUT2D eigenvalue weighted by Crippen LogP contribution is -2.20. The molecule has 0 saturated heterocycles. The number of aryl methyl sites for hydroxylation is 1. The Bertz CT molecular complexity index is 812. The Labute approximate surface area is 151 Å². The summed E-state index contributed by atoms with van der Waals surface area (Å²) in [5.74, 6) is 1.68. The van der Waals surface area contributed by atoms with Gasteiger partial charge in [-0.2, -0.15) is 8.42 Å². The molecule has 25 heavy (non-hydrogen) atoms. The number of aromatic nitrogens is 1. The number of hydrogen-bond donors (Lipinski definition) is 2. The maximum atomic E-state index is 10.5. The standard InChI is InChI=1S/C16H22N2O5S2/c1-12-10-16(18-15-5-4-13(22-2)11-14(12)15)23-8-3-6-17-7-9-24-25(19,20)21/h4-5,10-11,17H,3,6-9H2,1-2H3,(H,19,20,21). The van der Waals surface area contributed by atoms with Gasteiger partial charge in [0.25, 0.3) is 0 Å². The van der Waals surface area contributed by atoms with Crippen LogP contribution in [0.2, 0.25) is 0 Å². The van der Waals surface area contributed by atoms with E-state index >= 15 is 0 Å². The number of fused-ring (bicyclic) bond motifs is 1. The first-order valence-electron chi connectivity index (χ1n) is 7.80. The van der Waals surface area contributed by atoms with Gasteiger partial charge >= 0.3 is 9.15 Å². The van der Waals surface area contributed by atoms with E-state index in [2.05, 4.69) is 10.3 Å². The Morgan fingerprint density at radius 1 is 1.28 bits per heavy atom. The molecule has 7 nitrogen and oxygen atoms in total. The van der Waals surface area contributed by atoms with Crippen molar-refractivity contribution in [1.82, 2.24) is 10.3 Å². The zero-order chi connectivity index (χ0) is 18.3. The number of hydrogen-bond acceptors (Lipinski definition) is 7. The van der Waals surface area contributed by atoms with Gasteiger partial charge < -0.3 is 14.8 Å². The largest absolute Gasteiger partial charge is 0.497 e. The molecule has 0 aliphatic carbocycles. The van der Waals surface area contributed by atoms with Crippen molar-refractivity contribution in [2.45, 2.75) is 13.3 Å². The third-order valence-corrected chi connectivity index (χ3v) is 5.52. The Hall–Kier alpha value is -1.55. The topological polar surface area (TPSA) is 97.8 Å². The summed E-state index contributed by atoms with van der Waals surface area (Å²) >= 11 is 0. The number of methoxy groups -OCH3 is 1. The van der Waals surface area contributed by atoms with Crippen LogP contribution in [0.15, 0.2) is 24.3 Å². The molecule has 1 aromatic carbocycles. The molecule has 0 fully saturated rings. The van der Waals surface area contributed by atoms with Crippen LogP contribution in [-0.2, 0) is 9.15 Å². The van der Waals surface area contributed by atoms with Gasteiger partial charge in [-0.25, -0.2) is 4.98 Å². The third kappa shape index (κ3) is 6.69. The first-order chi connectivity index (χ1) is 11.9. The zero-order valence-electron chi connectivity index (χ0n) is 14.2. The molecular weight excluding hydrogens is 364 g/mol. The fourth-order valence-electron chi connectivity index (χ4n) is 2.26. The molecule has 1 aromatic heterocycles. The zero-order valence-corrected chi connectivity index (χ0v) is 15.8. The molecule has 1 heterocycles. The Balaban J connectivity index is 1.76. The first-order valence-corrected chi connectivity index (χ1v) is 10.7. The molecule has 0 spiro atoms. The highest BCUT2D eigenvalue weighted by atomic mass is 33.1. The molecule has 0 aliphatic rings. The Kier molecular flexibility index (Phi) is 7.30. The fourth-order valence-corrected chi connectivity index (χ4v) is 3.58. The molecule has 0 saturated carbocycles. The van der Waals surface area contributed by atoms with Crippen molar-refractivity contribution in [1.29, 1.82) is 0 Å². The van der Waals surface area contributed by atoms with Crippen molar-refractivity contribution in [2.75, 3.05) is 32.6 Å². The molecule has 2 N–H and O–H groups in total. The van der Waals surface area contributed by atoms with Gasteiger partial charge in [-0.15, -0.1) is 0 Å². The predicted octanol–water partition coefficient (Wildman–Crippen LogP) is 2.45. The third-order valence-electron chi connectivity index (χ3n) is 3.46. The maximum Gasteiger partial charge on any atom is 0.319 e. The molecule has 2 aromatic rings. The van der Waals surface area contributed by atoms with Crippen LogP contribution in [0.3, 0.4) is 0 Å². The minimum atomic E-state index is -3.95. The molecule has 0 radical (unpaired) electrons. The van der Waals surface area contributed by atoms with Crippen molar-refractivity contribution in [3.05, 3.63) is 29.8 Å². The predicted molar refractivity (Wildman–Crippen MR) is 100 cm³/mol. The van der Waals surface area contributed by atoms with E-state index in [1.165, 1.54) is 0 Å². The van der Waals surface area contributed by atoms with Crippen molar-refractivity contribution in [3.63, 3.8) is 0 Å². The second-order valence-electron chi connectivity index (χ2n) is 5.36. The highest BCUT2D eigenvalue weighted by Gasteiger charge is 2.06. The van der Waals surface area contributed by atoms with E-state index in [-0.39, 0.29) is 0 Å². The van der Waals surface area contributed by atoms with Gasteiger partial charge in [0.05, 0.1) is 19.2 Å². The minimum absolute atomic E-state index is 0.300. The van der Waals surface area contributed by atoms with Crippen molar-refractivity contribution in [3.8, 4) is 11.6 Å².